The lowest BCUT2D eigenvalue weighted by atomic mass is 9.79. The van der Waals surface area contributed by atoms with E-state index in [1.54, 1.807) is 0 Å². The standard InChI is InChI=1S/C16H30N2/c1-5-7-12-15(17-6-2)16(18(3)4)13-10-8-9-11-14-16/h1,15,17H,6-14H2,2-4H3. The molecule has 2 heteroatoms. The highest BCUT2D eigenvalue weighted by atomic mass is 15.2. The lowest BCUT2D eigenvalue weighted by Crippen LogP contribution is -2.58. The van der Waals surface area contributed by atoms with Crippen LogP contribution in [0.3, 0.4) is 0 Å². The van der Waals surface area contributed by atoms with Crippen LogP contribution in [0.15, 0.2) is 0 Å². The van der Waals surface area contributed by atoms with Crippen molar-refractivity contribution in [2.24, 2.45) is 0 Å². The van der Waals surface area contributed by atoms with E-state index in [0.29, 0.717) is 11.6 Å². The van der Waals surface area contributed by atoms with E-state index in [0.717, 1.165) is 19.4 Å². The quantitative estimate of drug-likeness (QED) is 0.576. The Bertz CT molecular complexity index is 257. The smallest absolute Gasteiger partial charge is 0.0356 e. The summed E-state index contributed by atoms with van der Waals surface area (Å²) in [7, 11) is 4.48. The average molecular weight is 250 g/mol. The number of nitrogens with zero attached hydrogens (tertiary/aromatic N) is 1. The van der Waals surface area contributed by atoms with Gasteiger partial charge in [0, 0.05) is 18.0 Å². The summed E-state index contributed by atoms with van der Waals surface area (Å²) in [4.78, 5) is 2.46. The third kappa shape index (κ3) is 3.73. The van der Waals surface area contributed by atoms with Gasteiger partial charge in [0.1, 0.15) is 0 Å². The third-order valence-corrected chi connectivity index (χ3v) is 4.54. The first kappa shape index (κ1) is 15.5. The summed E-state index contributed by atoms with van der Waals surface area (Å²) < 4.78 is 0. The summed E-state index contributed by atoms with van der Waals surface area (Å²) >= 11 is 0. The summed E-state index contributed by atoms with van der Waals surface area (Å²) in [5, 5.41) is 3.70. The SMILES string of the molecule is C#CCCC(NCC)C1(N(C)C)CCCCCC1. The van der Waals surface area contributed by atoms with Crippen LogP contribution in [0, 0.1) is 12.3 Å². The minimum Gasteiger partial charge on any atom is -0.312 e. The van der Waals surface area contributed by atoms with Gasteiger partial charge in [0.15, 0.2) is 0 Å². The van der Waals surface area contributed by atoms with Crippen molar-refractivity contribution in [1.29, 1.82) is 0 Å². The number of hydrogen-bond acceptors (Lipinski definition) is 2. The Hall–Kier alpha value is -0.520. The molecule has 18 heavy (non-hydrogen) atoms. The summed E-state index contributed by atoms with van der Waals surface area (Å²) in [6.07, 6.45) is 15.6. The van der Waals surface area contributed by atoms with Gasteiger partial charge < -0.3 is 10.2 Å². The van der Waals surface area contributed by atoms with Crippen molar-refractivity contribution in [2.45, 2.75) is 69.9 Å². The van der Waals surface area contributed by atoms with Crippen LogP contribution in [0.4, 0.5) is 0 Å². The highest BCUT2D eigenvalue weighted by Gasteiger charge is 2.39. The molecule has 2 nitrogen and oxygen atoms in total. The summed E-state index contributed by atoms with van der Waals surface area (Å²) in [5.41, 5.74) is 0.309. The number of nitrogens with one attached hydrogen (secondary N) is 1. The lowest BCUT2D eigenvalue weighted by Gasteiger charge is -2.46. The van der Waals surface area contributed by atoms with E-state index in [1.807, 2.05) is 0 Å². The molecule has 1 aliphatic carbocycles. The Morgan fingerprint density at radius 1 is 1.22 bits per heavy atom. The Labute approximate surface area is 114 Å². The second kappa shape index (κ2) is 7.81. The molecule has 0 aromatic rings. The largest absolute Gasteiger partial charge is 0.312 e. The van der Waals surface area contributed by atoms with E-state index in [1.165, 1.54) is 38.5 Å². The van der Waals surface area contributed by atoms with Gasteiger partial charge in [-0.2, -0.15) is 0 Å². The molecule has 1 atom stereocenters. The number of rotatable bonds is 6. The van der Waals surface area contributed by atoms with E-state index in [9.17, 15) is 0 Å². The fraction of sp³-hybridized carbons (Fsp3) is 0.875. The normalized spacial score (nSPS) is 21.3. The Morgan fingerprint density at radius 3 is 2.28 bits per heavy atom. The molecular formula is C16H30N2. The second-order valence-corrected chi connectivity index (χ2v) is 5.77. The van der Waals surface area contributed by atoms with Crippen molar-refractivity contribution in [1.82, 2.24) is 10.2 Å². The molecule has 1 fully saturated rings. The first-order chi connectivity index (χ1) is 8.67. The molecule has 0 aromatic heterocycles. The Morgan fingerprint density at radius 2 is 1.83 bits per heavy atom. The maximum Gasteiger partial charge on any atom is 0.0356 e. The molecule has 1 saturated carbocycles. The molecule has 0 aromatic carbocycles. The summed E-state index contributed by atoms with van der Waals surface area (Å²) in [5.74, 6) is 2.81. The fourth-order valence-corrected chi connectivity index (χ4v) is 3.48. The molecule has 0 saturated heterocycles. The van der Waals surface area contributed by atoms with Crippen molar-refractivity contribution in [2.75, 3.05) is 20.6 Å². The van der Waals surface area contributed by atoms with E-state index in [2.05, 4.69) is 37.2 Å². The van der Waals surface area contributed by atoms with Crippen LogP contribution in [0.2, 0.25) is 0 Å². The van der Waals surface area contributed by atoms with Gasteiger partial charge in [0.25, 0.3) is 0 Å². The van der Waals surface area contributed by atoms with Gasteiger partial charge >= 0.3 is 0 Å². The molecule has 0 aliphatic heterocycles. The van der Waals surface area contributed by atoms with Crippen LogP contribution in [-0.2, 0) is 0 Å². The molecule has 0 heterocycles. The second-order valence-electron chi connectivity index (χ2n) is 5.77. The highest BCUT2D eigenvalue weighted by molar-refractivity contribution is 5.01. The first-order valence-corrected chi connectivity index (χ1v) is 7.51. The maximum atomic E-state index is 5.46. The van der Waals surface area contributed by atoms with E-state index in [-0.39, 0.29) is 0 Å². The third-order valence-electron chi connectivity index (χ3n) is 4.54. The predicted molar refractivity (Wildman–Crippen MR) is 79.7 cm³/mol. The van der Waals surface area contributed by atoms with Crippen LogP contribution in [0.5, 0.6) is 0 Å². The van der Waals surface area contributed by atoms with E-state index < -0.39 is 0 Å². The van der Waals surface area contributed by atoms with Gasteiger partial charge in [0.05, 0.1) is 0 Å². The van der Waals surface area contributed by atoms with E-state index in [4.69, 9.17) is 6.42 Å². The van der Waals surface area contributed by atoms with Crippen LogP contribution < -0.4 is 5.32 Å². The molecule has 104 valence electrons. The summed E-state index contributed by atoms with van der Waals surface area (Å²) in [6.45, 7) is 3.23. The zero-order valence-corrected chi connectivity index (χ0v) is 12.5. The maximum absolute atomic E-state index is 5.46. The van der Waals surface area contributed by atoms with Crippen LogP contribution in [-0.4, -0.2) is 37.1 Å². The predicted octanol–water partition coefficient (Wildman–Crippen LogP) is 3.03. The molecule has 1 unspecified atom stereocenters. The molecule has 1 aliphatic rings. The molecule has 0 amide bonds. The molecule has 0 radical (unpaired) electrons. The van der Waals surface area contributed by atoms with Crippen LogP contribution in [0.1, 0.15) is 58.3 Å². The zero-order valence-electron chi connectivity index (χ0n) is 12.5. The molecule has 1 rings (SSSR count). The van der Waals surface area contributed by atoms with Gasteiger partial charge in [-0.05, 0) is 39.9 Å². The summed E-state index contributed by atoms with van der Waals surface area (Å²) in [6, 6.07) is 0.534. The molecule has 0 spiro atoms. The number of likely N-dealkylation sites (N-methyl/N-ethyl adjacent to an activating group) is 2. The zero-order chi connectivity index (χ0) is 13.4. The first-order valence-electron chi connectivity index (χ1n) is 7.51. The molecule has 1 N–H and O–H groups in total. The Balaban J connectivity index is 2.86. The Kier molecular flexibility index (Phi) is 6.75. The average Bonchev–Trinajstić information content (AvgIpc) is 2.61. The van der Waals surface area contributed by atoms with Gasteiger partial charge in [0.2, 0.25) is 0 Å². The van der Waals surface area contributed by atoms with Gasteiger partial charge in [-0.15, -0.1) is 12.3 Å². The van der Waals surface area contributed by atoms with Crippen molar-refractivity contribution >= 4 is 0 Å². The number of hydrogen-bond donors (Lipinski definition) is 1. The fourth-order valence-electron chi connectivity index (χ4n) is 3.48. The van der Waals surface area contributed by atoms with Crippen LogP contribution in [0.25, 0.3) is 0 Å². The van der Waals surface area contributed by atoms with E-state index >= 15 is 0 Å². The van der Waals surface area contributed by atoms with Crippen molar-refractivity contribution in [3.63, 3.8) is 0 Å². The van der Waals surface area contributed by atoms with Crippen LogP contribution >= 0.6 is 0 Å². The lowest BCUT2D eigenvalue weighted by molar-refractivity contribution is 0.0776. The monoisotopic (exact) mass is 250 g/mol. The minimum atomic E-state index is 0.309. The molecule has 0 bridgehead atoms. The van der Waals surface area contributed by atoms with Gasteiger partial charge in [-0.25, -0.2) is 0 Å². The number of terminal acetylenes is 1. The minimum absolute atomic E-state index is 0.309. The van der Waals surface area contributed by atoms with Crippen molar-refractivity contribution in [3.8, 4) is 12.3 Å². The van der Waals surface area contributed by atoms with Gasteiger partial charge in [-0.1, -0.05) is 32.6 Å². The van der Waals surface area contributed by atoms with Gasteiger partial charge in [-0.3, -0.25) is 0 Å². The topological polar surface area (TPSA) is 15.3 Å². The van der Waals surface area contributed by atoms with Crippen molar-refractivity contribution in [3.05, 3.63) is 0 Å². The van der Waals surface area contributed by atoms with Crippen molar-refractivity contribution < 1.29 is 0 Å². The highest BCUT2D eigenvalue weighted by Crippen LogP contribution is 2.35. The molecular weight excluding hydrogens is 220 g/mol.